The largest absolute Gasteiger partial charge is 0.375 e. The Balaban J connectivity index is 1.76. The van der Waals surface area contributed by atoms with Crippen LogP contribution in [0.3, 0.4) is 0 Å². The number of carbonyl (C=O) groups excluding carboxylic acids is 2. The molecule has 1 saturated heterocycles. The number of halogens is 1. The molecular formula is C18H20FN3O3. The van der Waals surface area contributed by atoms with Crippen molar-refractivity contribution in [1.82, 2.24) is 14.8 Å². The second-order valence-electron chi connectivity index (χ2n) is 6.06. The molecule has 2 aromatic rings. The molecule has 0 saturated carbocycles. The molecule has 0 spiro atoms. The lowest BCUT2D eigenvalue weighted by molar-refractivity contribution is -0.136. The highest BCUT2D eigenvalue weighted by Gasteiger charge is 2.26. The van der Waals surface area contributed by atoms with Crippen LogP contribution in [0.5, 0.6) is 0 Å². The first kappa shape index (κ1) is 17.3. The van der Waals surface area contributed by atoms with Crippen molar-refractivity contribution in [2.24, 2.45) is 0 Å². The molecule has 2 amide bonds. The molecule has 1 aromatic carbocycles. The van der Waals surface area contributed by atoms with E-state index in [0.717, 1.165) is 5.39 Å². The summed E-state index contributed by atoms with van der Waals surface area (Å²) in [5.74, 6) is -0.537. The Labute approximate surface area is 145 Å². The van der Waals surface area contributed by atoms with Crippen LogP contribution >= 0.6 is 0 Å². The van der Waals surface area contributed by atoms with Crippen molar-refractivity contribution in [3.05, 3.63) is 41.3 Å². The van der Waals surface area contributed by atoms with Gasteiger partial charge in [-0.15, -0.1) is 0 Å². The average Bonchev–Trinajstić information content (AvgIpc) is 2.61. The molecule has 7 heteroatoms. The first-order chi connectivity index (χ1) is 12.0. The molecule has 1 aromatic heterocycles. The monoisotopic (exact) mass is 345 g/mol. The zero-order valence-electron chi connectivity index (χ0n) is 14.3. The Morgan fingerprint density at radius 3 is 2.52 bits per heavy atom. The number of hydrogen-bond acceptors (Lipinski definition) is 4. The van der Waals surface area contributed by atoms with Gasteiger partial charge in [-0.25, -0.2) is 4.39 Å². The maximum absolute atomic E-state index is 13.3. The van der Waals surface area contributed by atoms with Crippen molar-refractivity contribution in [2.75, 3.05) is 39.9 Å². The number of nitrogens with zero attached hydrogens (tertiary/aromatic N) is 3. The summed E-state index contributed by atoms with van der Waals surface area (Å²) in [7, 11) is 1.49. The van der Waals surface area contributed by atoms with Crippen LogP contribution in [0, 0.1) is 12.7 Å². The number of rotatable bonds is 3. The van der Waals surface area contributed by atoms with Crippen LogP contribution in [0.2, 0.25) is 0 Å². The van der Waals surface area contributed by atoms with E-state index in [1.807, 2.05) is 0 Å². The number of pyridine rings is 1. The number of hydrogen-bond donors (Lipinski definition) is 0. The maximum atomic E-state index is 13.3. The van der Waals surface area contributed by atoms with E-state index in [2.05, 4.69) is 4.98 Å². The van der Waals surface area contributed by atoms with Gasteiger partial charge in [0.25, 0.3) is 5.91 Å². The third kappa shape index (κ3) is 3.61. The fraction of sp³-hybridized carbons (Fsp3) is 0.389. The molecule has 1 aliphatic rings. The van der Waals surface area contributed by atoms with Gasteiger partial charge in [-0.1, -0.05) is 0 Å². The number of methoxy groups -OCH3 is 1. The second-order valence-corrected chi connectivity index (χ2v) is 6.06. The zero-order valence-corrected chi connectivity index (χ0v) is 14.3. The van der Waals surface area contributed by atoms with Crippen molar-refractivity contribution in [3.63, 3.8) is 0 Å². The Bertz CT molecular complexity index is 817. The van der Waals surface area contributed by atoms with Gasteiger partial charge in [-0.2, -0.15) is 0 Å². The van der Waals surface area contributed by atoms with Crippen LogP contribution in [0.25, 0.3) is 10.9 Å². The van der Waals surface area contributed by atoms with Gasteiger partial charge >= 0.3 is 0 Å². The molecule has 0 radical (unpaired) electrons. The summed E-state index contributed by atoms with van der Waals surface area (Å²) in [6.45, 7) is 3.71. The average molecular weight is 345 g/mol. The summed E-state index contributed by atoms with van der Waals surface area (Å²) in [6, 6.07) is 6.09. The third-order valence-corrected chi connectivity index (χ3v) is 4.39. The number of amides is 2. The molecule has 6 nitrogen and oxygen atoms in total. The Morgan fingerprint density at radius 1 is 1.16 bits per heavy atom. The van der Waals surface area contributed by atoms with Gasteiger partial charge in [0.05, 0.1) is 16.8 Å². The van der Waals surface area contributed by atoms with E-state index in [-0.39, 0.29) is 24.2 Å². The summed E-state index contributed by atoms with van der Waals surface area (Å²) in [6.07, 6.45) is 0. The molecular weight excluding hydrogens is 325 g/mol. The summed E-state index contributed by atoms with van der Waals surface area (Å²) in [5.41, 5.74) is 1.61. The van der Waals surface area contributed by atoms with E-state index in [1.54, 1.807) is 28.9 Å². The van der Waals surface area contributed by atoms with Crippen molar-refractivity contribution < 1.29 is 18.7 Å². The van der Waals surface area contributed by atoms with Crippen LogP contribution in [0.1, 0.15) is 16.1 Å². The minimum absolute atomic E-state index is 0.0538. The molecule has 0 unspecified atom stereocenters. The van der Waals surface area contributed by atoms with Gasteiger partial charge in [0.2, 0.25) is 5.91 Å². The predicted octanol–water partition coefficient (Wildman–Crippen LogP) is 1.61. The van der Waals surface area contributed by atoms with Gasteiger partial charge in [-0.3, -0.25) is 14.6 Å². The molecule has 0 aliphatic carbocycles. The van der Waals surface area contributed by atoms with Crippen LogP contribution in [0.4, 0.5) is 4.39 Å². The maximum Gasteiger partial charge on any atom is 0.255 e. The number of fused-ring (bicyclic) bond motifs is 1. The molecule has 132 valence electrons. The molecule has 2 heterocycles. The highest BCUT2D eigenvalue weighted by molar-refractivity contribution is 5.98. The number of aromatic nitrogens is 1. The molecule has 3 rings (SSSR count). The summed E-state index contributed by atoms with van der Waals surface area (Å²) in [5, 5.41) is 0.726. The van der Waals surface area contributed by atoms with E-state index in [0.29, 0.717) is 43.0 Å². The quantitative estimate of drug-likeness (QED) is 0.848. The lowest BCUT2D eigenvalue weighted by atomic mass is 10.1. The Morgan fingerprint density at radius 2 is 1.84 bits per heavy atom. The molecule has 25 heavy (non-hydrogen) atoms. The number of benzene rings is 1. The summed E-state index contributed by atoms with van der Waals surface area (Å²) < 4.78 is 18.2. The van der Waals surface area contributed by atoms with E-state index in [4.69, 9.17) is 4.74 Å². The normalized spacial score (nSPS) is 14.8. The van der Waals surface area contributed by atoms with Crippen molar-refractivity contribution in [1.29, 1.82) is 0 Å². The van der Waals surface area contributed by atoms with Crippen molar-refractivity contribution in [2.45, 2.75) is 6.92 Å². The number of carbonyl (C=O) groups is 2. The van der Waals surface area contributed by atoms with Gasteiger partial charge in [0.15, 0.2) is 0 Å². The minimum atomic E-state index is -0.352. The number of aryl methyl sites for hydroxylation is 1. The fourth-order valence-electron chi connectivity index (χ4n) is 3.00. The number of piperazine rings is 1. The van der Waals surface area contributed by atoms with Gasteiger partial charge in [0, 0.05) is 44.7 Å². The zero-order chi connectivity index (χ0) is 18.0. The van der Waals surface area contributed by atoms with Gasteiger partial charge in [0.1, 0.15) is 12.4 Å². The van der Waals surface area contributed by atoms with Crippen LogP contribution in [-0.4, -0.2) is 66.5 Å². The fourth-order valence-corrected chi connectivity index (χ4v) is 3.00. The molecule has 0 atom stereocenters. The van der Waals surface area contributed by atoms with Crippen molar-refractivity contribution >= 4 is 22.7 Å². The van der Waals surface area contributed by atoms with Crippen LogP contribution in [-0.2, 0) is 9.53 Å². The summed E-state index contributed by atoms with van der Waals surface area (Å²) >= 11 is 0. The first-order valence-corrected chi connectivity index (χ1v) is 8.12. The van der Waals surface area contributed by atoms with Crippen LogP contribution in [0.15, 0.2) is 24.3 Å². The van der Waals surface area contributed by atoms with Crippen molar-refractivity contribution in [3.8, 4) is 0 Å². The Kier molecular flexibility index (Phi) is 4.94. The minimum Gasteiger partial charge on any atom is -0.375 e. The molecule has 1 fully saturated rings. The lowest BCUT2D eigenvalue weighted by Crippen LogP contribution is -2.51. The molecule has 0 N–H and O–H groups in total. The predicted molar refractivity (Wildman–Crippen MR) is 90.8 cm³/mol. The van der Waals surface area contributed by atoms with E-state index >= 15 is 0 Å². The Hall–Kier alpha value is -2.54. The molecule has 1 aliphatic heterocycles. The first-order valence-electron chi connectivity index (χ1n) is 8.12. The smallest absolute Gasteiger partial charge is 0.255 e. The lowest BCUT2D eigenvalue weighted by Gasteiger charge is -2.34. The van der Waals surface area contributed by atoms with Crippen LogP contribution < -0.4 is 0 Å². The number of ether oxygens (including phenoxy) is 1. The summed E-state index contributed by atoms with van der Waals surface area (Å²) in [4.78, 5) is 32.4. The third-order valence-electron chi connectivity index (χ3n) is 4.39. The second kappa shape index (κ2) is 7.14. The molecule has 0 bridgehead atoms. The van der Waals surface area contributed by atoms with E-state index < -0.39 is 0 Å². The topological polar surface area (TPSA) is 62.7 Å². The van der Waals surface area contributed by atoms with E-state index in [1.165, 1.54) is 19.2 Å². The highest BCUT2D eigenvalue weighted by Crippen LogP contribution is 2.19. The van der Waals surface area contributed by atoms with Gasteiger partial charge < -0.3 is 14.5 Å². The SMILES string of the molecule is COCC(=O)N1CCN(C(=O)c2cc3ccc(F)cc3nc2C)CC1. The van der Waals surface area contributed by atoms with E-state index in [9.17, 15) is 14.0 Å². The van der Waals surface area contributed by atoms with Gasteiger partial charge in [-0.05, 0) is 25.1 Å². The highest BCUT2D eigenvalue weighted by atomic mass is 19.1. The standard InChI is InChI=1S/C18H20FN3O3/c1-12-15(9-13-3-4-14(19)10-16(13)20-12)18(24)22-7-5-21(6-8-22)17(23)11-25-2/h3-4,9-10H,5-8,11H2,1-2H3.